The molecule has 2 atom stereocenters. The summed E-state index contributed by atoms with van der Waals surface area (Å²) in [7, 11) is 0. The Morgan fingerprint density at radius 1 is 1.38 bits per heavy atom. The van der Waals surface area contributed by atoms with E-state index >= 15 is 0 Å². The Hall–Kier alpha value is -2.17. The van der Waals surface area contributed by atoms with Gasteiger partial charge in [-0.25, -0.2) is 9.97 Å². The van der Waals surface area contributed by atoms with Gasteiger partial charge in [0.2, 0.25) is 0 Å². The Morgan fingerprint density at radius 3 is 3.00 bits per heavy atom. The lowest BCUT2D eigenvalue weighted by Gasteiger charge is -2.35. The minimum atomic E-state index is 0.0753. The van der Waals surface area contributed by atoms with Gasteiger partial charge in [0.15, 0.2) is 0 Å². The lowest BCUT2D eigenvalue weighted by molar-refractivity contribution is 0.0642. The number of aryl methyl sites for hydroxylation is 2. The van der Waals surface area contributed by atoms with Gasteiger partial charge in [0.05, 0.1) is 17.3 Å². The van der Waals surface area contributed by atoms with Gasteiger partial charge in [-0.05, 0) is 32.8 Å². The second-order valence-electron chi connectivity index (χ2n) is 5.92. The first kappa shape index (κ1) is 12.6. The summed E-state index contributed by atoms with van der Waals surface area (Å²) in [4.78, 5) is 23.5. The van der Waals surface area contributed by atoms with Crippen molar-refractivity contribution in [2.45, 2.75) is 45.2 Å². The fourth-order valence-corrected chi connectivity index (χ4v) is 3.72. The van der Waals surface area contributed by atoms with Crippen LogP contribution in [0.25, 0.3) is 0 Å². The summed E-state index contributed by atoms with van der Waals surface area (Å²) in [6.07, 6.45) is 6.31. The van der Waals surface area contributed by atoms with Crippen molar-refractivity contribution in [1.29, 1.82) is 0 Å². The summed E-state index contributed by atoms with van der Waals surface area (Å²) >= 11 is 0. The van der Waals surface area contributed by atoms with Crippen molar-refractivity contribution in [3.8, 4) is 0 Å². The fraction of sp³-hybridized carbons (Fsp3) is 0.438. The van der Waals surface area contributed by atoms with Crippen molar-refractivity contribution < 1.29 is 9.21 Å². The van der Waals surface area contributed by atoms with Gasteiger partial charge in [-0.2, -0.15) is 0 Å². The summed E-state index contributed by atoms with van der Waals surface area (Å²) in [6, 6.07) is 2.20. The second kappa shape index (κ2) is 4.41. The van der Waals surface area contributed by atoms with E-state index in [0.29, 0.717) is 11.3 Å². The number of carbonyl (C=O) groups is 1. The van der Waals surface area contributed by atoms with Gasteiger partial charge in [-0.15, -0.1) is 0 Å². The molecule has 4 heterocycles. The Bertz CT molecular complexity index is 722. The number of aromatic nitrogens is 2. The van der Waals surface area contributed by atoms with Crippen LogP contribution >= 0.6 is 0 Å². The van der Waals surface area contributed by atoms with Gasteiger partial charge in [0.1, 0.15) is 17.8 Å². The zero-order valence-electron chi connectivity index (χ0n) is 12.2. The van der Waals surface area contributed by atoms with E-state index in [1.54, 1.807) is 6.33 Å². The molecule has 108 valence electrons. The van der Waals surface area contributed by atoms with Crippen LogP contribution in [0.3, 0.4) is 0 Å². The van der Waals surface area contributed by atoms with E-state index in [0.717, 1.165) is 36.3 Å². The Balaban J connectivity index is 1.74. The van der Waals surface area contributed by atoms with E-state index < -0.39 is 0 Å². The molecule has 5 nitrogen and oxygen atoms in total. The monoisotopic (exact) mass is 283 g/mol. The molecule has 4 rings (SSSR count). The first-order chi connectivity index (χ1) is 10.1. The third-order valence-electron chi connectivity index (χ3n) is 4.62. The molecular weight excluding hydrogens is 266 g/mol. The minimum Gasteiger partial charge on any atom is -0.466 e. The maximum Gasteiger partial charge on any atom is 0.258 e. The first-order valence-corrected chi connectivity index (χ1v) is 7.33. The molecule has 2 aromatic heterocycles. The summed E-state index contributed by atoms with van der Waals surface area (Å²) in [5.41, 5.74) is 2.89. The van der Waals surface area contributed by atoms with Gasteiger partial charge in [-0.3, -0.25) is 4.79 Å². The molecule has 0 N–H and O–H groups in total. The zero-order valence-corrected chi connectivity index (χ0v) is 12.2. The van der Waals surface area contributed by atoms with Crippen LogP contribution in [0.15, 0.2) is 23.0 Å². The smallest absolute Gasteiger partial charge is 0.258 e. The molecular formula is C16H17N3O2. The summed E-state index contributed by atoms with van der Waals surface area (Å²) in [5.74, 6) is 1.56. The van der Waals surface area contributed by atoms with Crippen LogP contribution < -0.4 is 0 Å². The number of rotatable bonds is 1. The summed E-state index contributed by atoms with van der Waals surface area (Å²) in [6.45, 7) is 3.72. The largest absolute Gasteiger partial charge is 0.466 e. The number of nitrogens with zero attached hydrogens (tertiary/aromatic N) is 3. The average molecular weight is 283 g/mol. The highest BCUT2D eigenvalue weighted by atomic mass is 16.3. The Morgan fingerprint density at radius 2 is 2.24 bits per heavy atom. The second-order valence-corrected chi connectivity index (χ2v) is 5.92. The molecule has 2 aliphatic rings. The predicted molar refractivity (Wildman–Crippen MR) is 75.9 cm³/mol. The van der Waals surface area contributed by atoms with Crippen molar-refractivity contribution >= 4 is 5.91 Å². The third-order valence-corrected chi connectivity index (χ3v) is 4.62. The van der Waals surface area contributed by atoms with Gasteiger partial charge < -0.3 is 9.32 Å². The molecule has 1 saturated heterocycles. The van der Waals surface area contributed by atoms with Gasteiger partial charge in [0, 0.05) is 24.2 Å². The van der Waals surface area contributed by atoms with E-state index in [1.807, 2.05) is 31.0 Å². The number of amides is 1. The van der Waals surface area contributed by atoms with Gasteiger partial charge in [0.25, 0.3) is 5.91 Å². The van der Waals surface area contributed by atoms with E-state index in [4.69, 9.17) is 4.42 Å². The SMILES string of the molecule is Cc1cc(C(=O)N2[C@H]3CC[C@H]2c2cncnc2C3)c(C)o1. The molecule has 0 unspecified atom stereocenters. The molecule has 2 bridgehead atoms. The summed E-state index contributed by atoms with van der Waals surface area (Å²) in [5, 5.41) is 0. The third kappa shape index (κ3) is 1.80. The molecule has 1 amide bonds. The molecule has 5 heteroatoms. The molecule has 1 fully saturated rings. The number of carbonyl (C=O) groups excluding carboxylic acids is 1. The maximum absolute atomic E-state index is 12.9. The van der Waals surface area contributed by atoms with Crippen LogP contribution in [0, 0.1) is 13.8 Å². The lowest BCUT2D eigenvalue weighted by Crippen LogP contribution is -2.42. The topological polar surface area (TPSA) is 59.2 Å². The number of hydrogen-bond donors (Lipinski definition) is 0. The molecule has 0 aliphatic carbocycles. The minimum absolute atomic E-state index is 0.0753. The molecule has 2 aromatic rings. The van der Waals surface area contributed by atoms with Crippen molar-refractivity contribution in [3.63, 3.8) is 0 Å². The molecule has 0 radical (unpaired) electrons. The zero-order chi connectivity index (χ0) is 14.6. The van der Waals surface area contributed by atoms with Crippen LogP contribution in [-0.4, -0.2) is 26.8 Å². The van der Waals surface area contributed by atoms with E-state index in [1.165, 1.54) is 0 Å². The average Bonchev–Trinajstić information content (AvgIpc) is 2.97. The van der Waals surface area contributed by atoms with Crippen LogP contribution in [-0.2, 0) is 6.42 Å². The number of fused-ring (bicyclic) bond motifs is 4. The molecule has 21 heavy (non-hydrogen) atoms. The Labute approximate surface area is 123 Å². The fourth-order valence-electron chi connectivity index (χ4n) is 3.72. The molecule has 0 saturated carbocycles. The molecule has 2 aliphatic heterocycles. The van der Waals surface area contributed by atoms with Gasteiger partial charge in [-0.1, -0.05) is 0 Å². The van der Waals surface area contributed by atoms with Gasteiger partial charge >= 0.3 is 0 Å². The van der Waals surface area contributed by atoms with Crippen LogP contribution in [0.2, 0.25) is 0 Å². The molecule has 0 spiro atoms. The highest BCUT2D eigenvalue weighted by Gasteiger charge is 2.44. The summed E-state index contributed by atoms with van der Waals surface area (Å²) < 4.78 is 5.51. The first-order valence-electron chi connectivity index (χ1n) is 7.33. The number of furan rings is 1. The van der Waals surface area contributed by atoms with Crippen LogP contribution in [0.4, 0.5) is 0 Å². The van der Waals surface area contributed by atoms with Crippen molar-refractivity contribution in [2.24, 2.45) is 0 Å². The van der Waals surface area contributed by atoms with E-state index in [2.05, 4.69) is 9.97 Å². The van der Waals surface area contributed by atoms with Crippen LogP contribution in [0.1, 0.15) is 52.0 Å². The predicted octanol–water partition coefficient (Wildman–Crippen LogP) is 2.59. The lowest BCUT2D eigenvalue weighted by atomic mass is 9.98. The van der Waals surface area contributed by atoms with E-state index in [-0.39, 0.29) is 18.0 Å². The quantitative estimate of drug-likeness (QED) is 0.807. The van der Waals surface area contributed by atoms with E-state index in [9.17, 15) is 4.79 Å². The number of hydrogen-bond acceptors (Lipinski definition) is 4. The highest BCUT2D eigenvalue weighted by Crippen LogP contribution is 2.43. The Kier molecular flexibility index (Phi) is 2.64. The normalized spacial score (nSPS) is 23.2. The maximum atomic E-state index is 12.9. The standard InChI is InChI=1S/C16H17N3O2/c1-9-5-12(10(2)21-9)16(20)19-11-3-4-15(19)13-7-17-8-18-14(13)6-11/h5,7-8,11,15H,3-4,6H2,1-2H3/t11-,15-/m0/s1. The van der Waals surface area contributed by atoms with Crippen molar-refractivity contribution in [3.05, 3.63) is 46.9 Å². The molecule has 0 aromatic carbocycles. The van der Waals surface area contributed by atoms with Crippen LogP contribution in [0.5, 0.6) is 0 Å². The van der Waals surface area contributed by atoms with Crippen molar-refractivity contribution in [2.75, 3.05) is 0 Å². The van der Waals surface area contributed by atoms with Crippen molar-refractivity contribution in [1.82, 2.24) is 14.9 Å². The highest BCUT2D eigenvalue weighted by molar-refractivity contribution is 5.96.